The van der Waals surface area contributed by atoms with Crippen molar-refractivity contribution in [2.75, 3.05) is 47.4 Å². The van der Waals surface area contributed by atoms with Crippen molar-refractivity contribution in [3.05, 3.63) is 24.0 Å². The second kappa shape index (κ2) is 8.31. The normalized spacial score (nSPS) is 31.4. The average molecular weight is 382 g/mol. The number of carbonyl (C=O) groups excluding carboxylic acids is 1. The molecule has 2 aliphatic carbocycles. The number of rotatable bonds is 9. The molecule has 1 aliphatic heterocycles. The molecule has 0 aromatic rings. The van der Waals surface area contributed by atoms with Crippen LogP contribution in [0.1, 0.15) is 26.2 Å². The lowest BCUT2D eigenvalue weighted by atomic mass is 9.61. The van der Waals surface area contributed by atoms with Gasteiger partial charge < -0.3 is 28.4 Å². The Balaban J connectivity index is 2.01. The topological polar surface area (TPSA) is 72.5 Å². The van der Waals surface area contributed by atoms with Gasteiger partial charge in [-0.2, -0.15) is 0 Å². The van der Waals surface area contributed by atoms with E-state index in [1.165, 1.54) is 7.11 Å². The molecule has 152 valence electrons. The third-order valence-electron chi connectivity index (χ3n) is 6.11. The zero-order chi connectivity index (χ0) is 19.5. The molecule has 0 unspecified atom stereocenters. The average Bonchev–Trinajstić information content (AvgIpc) is 3.24. The van der Waals surface area contributed by atoms with E-state index in [1.54, 1.807) is 13.2 Å². The van der Waals surface area contributed by atoms with Crippen molar-refractivity contribution >= 4 is 5.97 Å². The number of hydrogen-bond donors (Lipinski definition) is 0. The van der Waals surface area contributed by atoms with Crippen LogP contribution in [0.2, 0.25) is 0 Å². The van der Waals surface area contributed by atoms with Crippen LogP contribution in [-0.4, -0.2) is 59.2 Å². The highest BCUT2D eigenvalue weighted by molar-refractivity contribution is 5.91. The summed E-state index contributed by atoms with van der Waals surface area (Å²) in [7, 11) is 2.99. The smallest absolute Gasteiger partial charge is 0.337 e. The third-order valence-corrected chi connectivity index (χ3v) is 6.11. The van der Waals surface area contributed by atoms with E-state index in [-0.39, 0.29) is 24.6 Å². The van der Waals surface area contributed by atoms with Gasteiger partial charge in [-0.3, -0.25) is 0 Å². The van der Waals surface area contributed by atoms with Crippen molar-refractivity contribution in [3.8, 4) is 0 Å². The van der Waals surface area contributed by atoms with Crippen molar-refractivity contribution in [1.82, 2.24) is 0 Å². The Labute approximate surface area is 160 Å². The van der Waals surface area contributed by atoms with Crippen LogP contribution in [0.3, 0.4) is 0 Å². The number of esters is 1. The van der Waals surface area contributed by atoms with Crippen LogP contribution in [0.4, 0.5) is 0 Å². The van der Waals surface area contributed by atoms with Crippen LogP contribution in [0.25, 0.3) is 0 Å². The summed E-state index contributed by atoms with van der Waals surface area (Å²) in [6, 6.07) is 0. The molecular formula is C20H30O7. The van der Waals surface area contributed by atoms with Gasteiger partial charge in [-0.15, -0.1) is 0 Å². The molecular weight excluding hydrogens is 352 g/mol. The quantitative estimate of drug-likeness (QED) is 0.262. The molecule has 3 rings (SSSR count). The first-order chi connectivity index (χ1) is 13.0. The Bertz CT molecular complexity index is 593. The summed E-state index contributed by atoms with van der Waals surface area (Å²) >= 11 is 0. The minimum atomic E-state index is -0.734. The Morgan fingerprint density at radius 1 is 1.30 bits per heavy atom. The van der Waals surface area contributed by atoms with E-state index in [9.17, 15) is 4.79 Å². The molecule has 2 bridgehead atoms. The molecule has 3 atom stereocenters. The van der Waals surface area contributed by atoms with E-state index in [0.29, 0.717) is 57.0 Å². The number of ether oxygens (including phenoxy) is 6. The van der Waals surface area contributed by atoms with Gasteiger partial charge in [-0.25, -0.2) is 4.79 Å². The van der Waals surface area contributed by atoms with Crippen LogP contribution < -0.4 is 0 Å². The molecule has 1 spiro atoms. The minimum absolute atomic E-state index is 0.136. The Kier molecular flexibility index (Phi) is 6.25. The molecule has 0 aromatic carbocycles. The third kappa shape index (κ3) is 3.42. The summed E-state index contributed by atoms with van der Waals surface area (Å²) in [6.45, 7) is 7.99. The fraction of sp³-hybridized carbons (Fsp3) is 0.750. The molecule has 0 N–H and O–H groups in total. The van der Waals surface area contributed by atoms with Crippen LogP contribution in [0, 0.1) is 17.3 Å². The molecule has 2 fully saturated rings. The molecule has 27 heavy (non-hydrogen) atoms. The van der Waals surface area contributed by atoms with Gasteiger partial charge in [0.2, 0.25) is 0 Å². The van der Waals surface area contributed by atoms with Crippen LogP contribution >= 0.6 is 0 Å². The first-order valence-corrected chi connectivity index (χ1v) is 9.46. The minimum Gasteiger partial charge on any atom is -0.493 e. The van der Waals surface area contributed by atoms with Gasteiger partial charge in [0.25, 0.3) is 0 Å². The predicted molar refractivity (Wildman–Crippen MR) is 96.6 cm³/mol. The maximum absolute atomic E-state index is 12.8. The first kappa shape index (κ1) is 20.3. The van der Waals surface area contributed by atoms with Crippen molar-refractivity contribution in [2.45, 2.75) is 32.0 Å². The Hall–Kier alpha value is -1.41. The van der Waals surface area contributed by atoms with Crippen LogP contribution in [-0.2, 0) is 33.2 Å². The number of carbonyl (C=O) groups is 1. The summed E-state index contributed by atoms with van der Waals surface area (Å²) in [4.78, 5) is 12.8. The molecule has 3 aliphatic rings. The highest BCUT2D eigenvalue weighted by Crippen LogP contribution is 2.64. The Morgan fingerprint density at radius 2 is 2.04 bits per heavy atom. The maximum Gasteiger partial charge on any atom is 0.337 e. The van der Waals surface area contributed by atoms with Gasteiger partial charge >= 0.3 is 5.97 Å². The summed E-state index contributed by atoms with van der Waals surface area (Å²) in [6.07, 6.45) is 3.76. The van der Waals surface area contributed by atoms with Gasteiger partial charge in [-0.1, -0.05) is 19.6 Å². The SMILES string of the molecule is C=CCOC1=C(C(=O)OC)[C@@]2(CCOCOC)C[C@@H]1C1(C[C@@H]2C)OCCO1. The van der Waals surface area contributed by atoms with Crippen LogP contribution in [0.15, 0.2) is 24.0 Å². The zero-order valence-electron chi connectivity index (χ0n) is 16.5. The molecule has 7 nitrogen and oxygen atoms in total. The summed E-state index contributed by atoms with van der Waals surface area (Å²) in [5, 5.41) is 0. The molecule has 0 radical (unpaired) electrons. The van der Waals surface area contributed by atoms with Gasteiger partial charge in [-0.05, 0) is 18.8 Å². The van der Waals surface area contributed by atoms with Gasteiger partial charge in [0.05, 0.1) is 38.4 Å². The number of hydrogen-bond acceptors (Lipinski definition) is 7. The monoisotopic (exact) mass is 382 g/mol. The lowest BCUT2D eigenvalue weighted by Crippen LogP contribution is -2.49. The van der Waals surface area contributed by atoms with Gasteiger partial charge in [0, 0.05) is 18.9 Å². The van der Waals surface area contributed by atoms with E-state index in [2.05, 4.69) is 13.5 Å². The largest absolute Gasteiger partial charge is 0.493 e. The molecule has 0 amide bonds. The number of fused-ring (bicyclic) bond motifs is 3. The van der Waals surface area contributed by atoms with E-state index in [1.807, 2.05) is 0 Å². The van der Waals surface area contributed by atoms with E-state index < -0.39 is 11.2 Å². The van der Waals surface area contributed by atoms with Crippen LogP contribution in [0.5, 0.6) is 0 Å². The second-order valence-electron chi connectivity index (χ2n) is 7.42. The Morgan fingerprint density at radius 3 is 2.67 bits per heavy atom. The molecule has 1 heterocycles. The van der Waals surface area contributed by atoms with Gasteiger partial charge in [0.1, 0.15) is 19.2 Å². The number of methoxy groups -OCH3 is 2. The van der Waals surface area contributed by atoms with Crippen molar-refractivity contribution < 1.29 is 33.2 Å². The lowest BCUT2D eigenvalue weighted by Gasteiger charge is -2.47. The summed E-state index contributed by atoms with van der Waals surface area (Å²) < 4.78 is 33.9. The highest BCUT2D eigenvalue weighted by Gasteiger charge is 2.65. The second-order valence-corrected chi connectivity index (χ2v) is 7.42. The predicted octanol–water partition coefficient (Wildman–Crippen LogP) is 2.42. The maximum atomic E-state index is 12.8. The van der Waals surface area contributed by atoms with E-state index >= 15 is 0 Å². The van der Waals surface area contributed by atoms with Crippen molar-refractivity contribution in [3.63, 3.8) is 0 Å². The molecule has 1 saturated heterocycles. The standard InChI is InChI=1S/C20H30O7/c1-5-7-25-17-15-12-19(6-8-24-13-22-3,16(17)18(21)23-4)14(2)11-20(15)26-9-10-27-20/h5,14-15H,1,6-13H2,2-4H3/t14-,15-,19-/m0/s1. The lowest BCUT2D eigenvalue weighted by molar-refractivity contribution is -0.228. The fourth-order valence-electron chi connectivity index (χ4n) is 4.93. The summed E-state index contributed by atoms with van der Waals surface area (Å²) in [5.41, 5.74) is 0.198. The van der Waals surface area contributed by atoms with Gasteiger partial charge in [0.15, 0.2) is 5.79 Å². The molecule has 7 heteroatoms. The highest BCUT2D eigenvalue weighted by atomic mass is 16.7. The van der Waals surface area contributed by atoms with E-state index in [4.69, 9.17) is 28.4 Å². The molecule has 1 saturated carbocycles. The zero-order valence-corrected chi connectivity index (χ0v) is 16.5. The molecule has 0 aromatic heterocycles. The first-order valence-electron chi connectivity index (χ1n) is 9.46. The van der Waals surface area contributed by atoms with Crippen molar-refractivity contribution in [2.24, 2.45) is 17.3 Å². The summed E-state index contributed by atoms with van der Waals surface area (Å²) in [5.74, 6) is -0.475. The van der Waals surface area contributed by atoms with E-state index in [0.717, 1.165) is 0 Å². The fourth-order valence-corrected chi connectivity index (χ4v) is 4.93. The van der Waals surface area contributed by atoms with Crippen molar-refractivity contribution in [1.29, 1.82) is 0 Å².